The molecule has 0 radical (unpaired) electrons. The van der Waals surface area contributed by atoms with E-state index in [1.54, 1.807) is 0 Å². The number of nitrogens with one attached hydrogen (secondary N) is 1. The van der Waals surface area contributed by atoms with E-state index in [4.69, 9.17) is 18.8 Å². The van der Waals surface area contributed by atoms with Crippen LogP contribution in [0.25, 0.3) is 71.9 Å². The molecule has 57 heavy (non-hydrogen) atoms. The highest BCUT2D eigenvalue weighted by molar-refractivity contribution is 6.16. The van der Waals surface area contributed by atoms with Crippen molar-refractivity contribution >= 4 is 72.5 Å². The van der Waals surface area contributed by atoms with Crippen molar-refractivity contribution in [2.24, 2.45) is 9.98 Å². The van der Waals surface area contributed by atoms with Crippen molar-refractivity contribution in [2.45, 2.75) is 18.6 Å². The van der Waals surface area contributed by atoms with E-state index < -0.39 is 6.17 Å². The van der Waals surface area contributed by atoms with Crippen molar-refractivity contribution in [3.8, 4) is 11.1 Å². The number of fused-ring (bicyclic) bond motifs is 9. The normalized spacial score (nSPS) is 15.7. The summed E-state index contributed by atoms with van der Waals surface area (Å²) in [7, 11) is 0. The maximum atomic E-state index is 6.44. The topological polar surface area (TPSA) is 68.0 Å². The first kappa shape index (κ1) is 31.9. The number of furan rings is 2. The van der Waals surface area contributed by atoms with Crippen LogP contribution in [0.5, 0.6) is 0 Å². The monoisotopic (exact) mass is 734 g/mol. The lowest BCUT2D eigenvalue weighted by Crippen LogP contribution is -2.35. The number of rotatable bonds is 5. The van der Waals surface area contributed by atoms with Crippen LogP contribution in [0.4, 0.5) is 0 Å². The van der Waals surface area contributed by atoms with E-state index in [-0.39, 0.29) is 6.04 Å². The molecule has 2 aliphatic rings. The number of allylic oxidation sites excluding steroid dienone is 1. The first-order valence-electron chi connectivity index (χ1n) is 19.4. The minimum atomic E-state index is -0.427. The van der Waals surface area contributed by atoms with Gasteiger partial charge in [0.1, 0.15) is 34.2 Å². The van der Waals surface area contributed by atoms with Gasteiger partial charge in [0.05, 0.1) is 6.04 Å². The number of para-hydroxylation sites is 2. The minimum Gasteiger partial charge on any atom is -0.456 e. The molecule has 1 unspecified atom stereocenters. The Morgan fingerprint density at radius 3 is 1.68 bits per heavy atom. The summed E-state index contributed by atoms with van der Waals surface area (Å²) in [6, 6.07) is 57.4. The molecule has 270 valence electrons. The van der Waals surface area contributed by atoms with Crippen molar-refractivity contribution in [3.05, 3.63) is 198 Å². The molecule has 7 aromatic carbocycles. The van der Waals surface area contributed by atoms with Gasteiger partial charge < -0.3 is 18.7 Å². The van der Waals surface area contributed by atoms with Gasteiger partial charge in [-0.3, -0.25) is 0 Å². The molecular weight excluding hydrogens is 701 g/mol. The van der Waals surface area contributed by atoms with Gasteiger partial charge >= 0.3 is 0 Å². The van der Waals surface area contributed by atoms with E-state index in [1.165, 1.54) is 27.4 Å². The largest absolute Gasteiger partial charge is 0.456 e. The van der Waals surface area contributed by atoms with Crippen molar-refractivity contribution in [1.82, 2.24) is 9.88 Å². The van der Waals surface area contributed by atoms with Gasteiger partial charge in [0.25, 0.3) is 0 Å². The maximum Gasteiger partial charge on any atom is 0.169 e. The molecule has 12 rings (SSSR count). The minimum absolute atomic E-state index is 0.163. The van der Waals surface area contributed by atoms with Crippen LogP contribution in [0.3, 0.4) is 0 Å². The Balaban J connectivity index is 0.927. The average Bonchev–Trinajstić information content (AvgIpc) is 3.95. The molecule has 6 heteroatoms. The summed E-state index contributed by atoms with van der Waals surface area (Å²) in [5.74, 6) is 2.53. The highest BCUT2D eigenvalue weighted by atomic mass is 16.3. The maximum absolute atomic E-state index is 6.44. The summed E-state index contributed by atoms with van der Waals surface area (Å²) >= 11 is 0. The predicted octanol–water partition coefficient (Wildman–Crippen LogP) is 12.4. The molecule has 0 bridgehead atoms. The smallest absolute Gasteiger partial charge is 0.169 e. The summed E-state index contributed by atoms with van der Waals surface area (Å²) in [6.45, 7) is 0. The van der Waals surface area contributed by atoms with Crippen LogP contribution in [0.15, 0.2) is 189 Å². The van der Waals surface area contributed by atoms with E-state index in [0.29, 0.717) is 0 Å². The Kier molecular flexibility index (Phi) is 7.01. The highest BCUT2D eigenvalue weighted by Crippen LogP contribution is 2.41. The van der Waals surface area contributed by atoms with Crippen LogP contribution in [0, 0.1) is 0 Å². The molecule has 0 saturated heterocycles. The van der Waals surface area contributed by atoms with Gasteiger partial charge in [0.15, 0.2) is 6.17 Å². The summed E-state index contributed by atoms with van der Waals surface area (Å²) in [6.07, 6.45) is 4.88. The van der Waals surface area contributed by atoms with E-state index >= 15 is 0 Å². The lowest BCUT2D eigenvalue weighted by molar-refractivity contribution is 0.572. The molecule has 3 aromatic heterocycles. The number of amidine groups is 2. The molecule has 0 spiro atoms. The first-order chi connectivity index (χ1) is 28.2. The Morgan fingerprint density at radius 2 is 1.04 bits per heavy atom. The van der Waals surface area contributed by atoms with Crippen LogP contribution in [-0.2, 0) is 6.42 Å². The van der Waals surface area contributed by atoms with Crippen LogP contribution in [0.2, 0.25) is 0 Å². The van der Waals surface area contributed by atoms with Gasteiger partial charge in [-0.1, -0.05) is 121 Å². The lowest BCUT2D eigenvalue weighted by atomic mass is 9.94. The fraction of sp³-hybridized carbons (Fsp3) is 0.0588. The zero-order valence-electron chi connectivity index (χ0n) is 30.8. The zero-order valence-corrected chi connectivity index (χ0v) is 30.8. The molecular formula is C51H34N4O2. The van der Waals surface area contributed by atoms with Crippen LogP contribution in [0.1, 0.15) is 40.2 Å². The van der Waals surface area contributed by atoms with E-state index in [0.717, 1.165) is 84.6 Å². The second kappa shape index (κ2) is 12.5. The standard InChI is InChI=1S/C51H34N4O2/c1-3-11-31(12-4-1)49-52-50(32-13-5-2-6-14-32)54-51(53-49)35-21-25-47-41(29-35)39-27-33(19-23-45(39)56-47)34-20-24-46-40(28-34)42-30-36(22-26-48(42)57-46)55-43-17-9-7-15-37(43)38-16-8-10-18-44(38)55/h1-29,36,51H,30H2,(H,52,53,54). The molecule has 1 atom stereocenters. The number of hydrogen-bond acceptors (Lipinski definition) is 5. The van der Waals surface area contributed by atoms with Gasteiger partial charge in [-0.15, -0.1) is 0 Å². The Labute approximate surface area is 327 Å². The first-order valence-corrected chi connectivity index (χ1v) is 19.4. The number of hydrogen-bond donors (Lipinski definition) is 1. The van der Waals surface area contributed by atoms with Crippen LogP contribution < -0.4 is 5.32 Å². The lowest BCUT2D eigenvalue weighted by Gasteiger charge is -2.22. The Hall–Kier alpha value is -7.44. The molecule has 6 nitrogen and oxygen atoms in total. The molecule has 10 aromatic rings. The number of nitrogens with zero attached hydrogens (tertiary/aromatic N) is 3. The average molecular weight is 735 g/mol. The van der Waals surface area contributed by atoms with Crippen molar-refractivity contribution in [1.29, 1.82) is 0 Å². The predicted molar refractivity (Wildman–Crippen MR) is 232 cm³/mol. The van der Waals surface area contributed by atoms with Crippen molar-refractivity contribution in [2.75, 3.05) is 0 Å². The quantitative estimate of drug-likeness (QED) is 0.191. The summed E-state index contributed by atoms with van der Waals surface area (Å²) in [5.41, 5.74) is 11.6. The second-order valence-electron chi connectivity index (χ2n) is 14.9. The molecule has 0 saturated carbocycles. The number of aromatic nitrogens is 1. The number of aliphatic imine (C=N–C) groups is 2. The SMILES string of the molecule is C1=CC(n2c3ccccc3c3ccccc32)Cc2c1oc1ccc(-c3ccc4oc5ccc(C6N=C(c7ccccc7)NC(c7ccccc7)=N6)cc5c4c3)cc21. The van der Waals surface area contributed by atoms with Gasteiger partial charge in [-0.2, -0.15) is 0 Å². The van der Waals surface area contributed by atoms with Gasteiger partial charge in [0.2, 0.25) is 0 Å². The van der Waals surface area contributed by atoms with E-state index in [1.807, 2.05) is 42.5 Å². The summed E-state index contributed by atoms with van der Waals surface area (Å²) in [4.78, 5) is 10.2. The zero-order chi connectivity index (χ0) is 37.5. The Bertz CT molecular complexity index is 3200. The van der Waals surface area contributed by atoms with Crippen molar-refractivity contribution in [3.63, 3.8) is 0 Å². The van der Waals surface area contributed by atoms with Gasteiger partial charge in [-0.05, 0) is 71.3 Å². The highest BCUT2D eigenvalue weighted by Gasteiger charge is 2.25. The van der Waals surface area contributed by atoms with Crippen LogP contribution >= 0.6 is 0 Å². The Morgan fingerprint density at radius 1 is 0.491 bits per heavy atom. The summed E-state index contributed by atoms with van der Waals surface area (Å²) < 4.78 is 15.3. The fourth-order valence-electron chi connectivity index (χ4n) is 8.88. The molecule has 0 fully saturated rings. The van der Waals surface area contributed by atoms with Gasteiger partial charge in [0, 0.05) is 61.1 Å². The second-order valence-corrected chi connectivity index (χ2v) is 14.9. The van der Waals surface area contributed by atoms with Crippen molar-refractivity contribution < 1.29 is 8.83 Å². The molecule has 1 aliphatic carbocycles. The molecule has 1 aliphatic heterocycles. The third kappa shape index (κ3) is 5.18. The third-order valence-corrected chi connectivity index (χ3v) is 11.6. The number of benzene rings is 7. The van der Waals surface area contributed by atoms with Gasteiger partial charge in [-0.25, -0.2) is 9.98 Å². The van der Waals surface area contributed by atoms with Crippen LogP contribution in [-0.4, -0.2) is 16.2 Å². The molecule has 1 N–H and O–H groups in total. The van der Waals surface area contributed by atoms with E-state index in [2.05, 4.69) is 143 Å². The summed E-state index contributed by atoms with van der Waals surface area (Å²) in [5, 5.41) is 9.31. The van der Waals surface area contributed by atoms with E-state index in [9.17, 15) is 0 Å². The third-order valence-electron chi connectivity index (χ3n) is 11.6. The molecule has 4 heterocycles. The molecule has 0 amide bonds. The fourth-order valence-corrected chi connectivity index (χ4v) is 8.88.